The van der Waals surface area contributed by atoms with Crippen LogP contribution in [0.15, 0.2) is 51.4 Å². The lowest BCUT2D eigenvalue weighted by Gasteiger charge is -1.99. The van der Waals surface area contributed by atoms with Crippen LogP contribution in [0, 0.1) is 0 Å². The van der Waals surface area contributed by atoms with E-state index in [1.165, 1.54) is 5.56 Å². The summed E-state index contributed by atoms with van der Waals surface area (Å²) in [6.45, 7) is 0. The number of hydrogen-bond acceptors (Lipinski definition) is 5. The van der Waals surface area contributed by atoms with E-state index in [1.54, 1.807) is 46.6 Å². The average Bonchev–Trinajstić information content (AvgIpc) is 3.07. The molecule has 0 aliphatic carbocycles. The van der Waals surface area contributed by atoms with Crippen molar-refractivity contribution in [1.82, 2.24) is 4.98 Å². The first-order chi connectivity index (χ1) is 9.31. The number of phenols is 1. The largest absolute Gasteiger partial charge is 0.508 e. The van der Waals surface area contributed by atoms with Crippen LogP contribution in [-0.4, -0.2) is 10.1 Å². The molecule has 0 spiro atoms. The summed E-state index contributed by atoms with van der Waals surface area (Å²) >= 11 is 5.05. The molecule has 0 amide bonds. The lowest BCUT2D eigenvalue weighted by Crippen LogP contribution is -1.81. The van der Waals surface area contributed by atoms with E-state index in [4.69, 9.17) is 0 Å². The second-order valence-electron chi connectivity index (χ2n) is 3.94. The van der Waals surface area contributed by atoms with Crippen LogP contribution in [0.2, 0.25) is 0 Å². The minimum absolute atomic E-state index is 0.308. The molecule has 2 nitrogen and oxygen atoms in total. The summed E-state index contributed by atoms with van der Waals surface area (Å²) in [5, 5.41) is 16.8. The van der Waals surface area contributed by atoms with Gasteiger partial charge in [0.1, 0.15) is 10.8 Å². The fourth-order valence-electron chi connectivity index (χ4n) is 1.62. The molecule has 1 aromatic carbocycles. The zero-order chi connectivity index (χ0) is 13.1. The summed E-state index contributed by atoms with van der Waals surface area (Å²) in [7, 11) is 0. The standard InChI is InChI=1S/C14H11NOS3/c16-12-2-1-3-13(6-12)18-8-11-9-19-14(15-11)10-4-5-17-7-10/h1-7,9,16H,8H2. The van der Waals surface area contributed by atoms with Gasteiger partial charge in [-0.25, -0.2) is 4.98 Å². The molecule has 0 radical (unpaired) electrons. The predicted molar refractivity (Wildman–Crippen MR) is 83.1 cm³/mol. The average molecular weight is 305 g/mol. The highest BCUT2D eigenvalue weighted by Gasteiger charge is 2.05. The number of phenolic OH excluding ortho intramolecular Hbond substituents is 1. The van der Waals surface area contributed by atoms with Gasteiger partial charge in [0.25, 0.3) is 0 Å². The van der Waals surface area contributed by atoms with Gasteiger partial charge < -0.3 is 5.11 Å². The monoisotopic (exact) mass is 305 g/mol. The first-order valence-corrected chi connectivity index (χ1v) is 8.51. The van der Waals surface area contributed by atoms with Gasteiger partial charge in [0.05, 0.1) is 5.69 Å². The van der Waals surface area contributed by atoms with Crippen molar-refractivity contribution in [3.63, 3.8) is 0 Å². The number of benzene rings is 1. The third-order valence-corrected chi connectivity index (χ3v) is 5.17. The summed E-state index contributed by atoms with van der Waals surface area (Å²) in [5.74, 6) is 1.13. The van der Waals surface area contributed by atoms with E-state index < -0.39 is 0 Å². The van der Waals surface area contributed by atoms with Gasteiger partial charge in [-0.3, -0.25) is 0 Å². The number of hydrogen-bond donors (Lipinski definition) is 1. The van der Waals surface area contributed by atoms with Crippen LogP contribution in [0.5, 0.6) is 5.75 Å². The van der Waals surface area contributed by atoms with Crippen molar-refractivity contribution >= 4 is 34.4 Å². The van der Waals surface area contributed by atoms with Crippen LogP contribution in [0.1, 0.15) is 5.69 Å². The van der Waals surface area contributed by atoms with Gasteiger partial charge in [0.15, 0.2) is 0 Å². The molecule has 0 unspecified atom stereocenters. The summed E-state index contributed by atoms with van der Waals surface area (Å²) in [5.41, 5.74) is 2.28. The van der Waals surface area contributed by atoms with Gasteiger partial charge in [-0.05, 0) is 29.6 Å². The van der Waals surface area contributed by atoms with Crippen molar-refractivity contribution in [2.45, 2.75) is 10.6 Å². The first-order valence-electron chi connectivity index (χ1n) is 5.70. The van der Waals surface area contributed by atoms with E-state index in [9.17, 15) is 5.11 Å². The maximum Gasteiger partial charge on any atom is 0.124 e. The lowest BCUT2D eigenvalue weighted by atomic mass is 10.3. The smallest absolute Gasteiger partial charge is 0.124 e. The normalized spacial score (nSPS) is 10.7. The Morgan fingerprint density at radius 1 is 1.21 bits per heavy atom. The zero-order valence-electron chi connectivity index (χ0n) is 9.95. The summed E-state index contributed by atoms with van der Waals surface area (Å²) in [6.07, 6.45) is 0. The molecule has 0 aliphatic rings. The topological polar surface area (TPSA) is 33.1 Å². The second kappa shape index (κ2) is 5.77. The Bertz CT molecular complexity index is 661. The third kappa shape index (κ3) is 3.18. The SMILES string of the molecule is Oc1cccc(SCc2csc(-c3ccsc3)n2)c1. The highest BCUT2D eigenvalue weighted by molar-refractivity contribution is 7.98. The molecule has 0 saturated carbocycles. The van der Waals surface area contributed by atoms with Crippen molar-refractivity contribution in [3.05, 3.63) is 52.2 Å². The molecular weight excluding hydrogens is 294 g/mol. The molecule has 0 fully saturated rings. The van der Waals surface area contributed by atoms with Crippen molar-refractivity contribution in [2.75, 3.05) is 0 Å². The van der Waals surface area contributed by atoms with E-state index in [0.29, 0.717) is 5.75 Å². The van der Waals surface area contributed by atoms with Gasteiger partial charge in [0.2, 0.25) is 0 Å². The lowest BCUT2D eigenvalue weighted by molar-refractivity contribution is 0.474. The number of rotatable bonds is 4. The Kier molecular flexibility index (Phi) is 3.87. The molecule has 0 bridgehead atoms. The van der Waals surface area contributed by atoms with E-state index >= 15 is 0 Å². The Balaban J connectivity index is 1.68. The minimum atomic E-state index is 0.308. The van der Waals surface area contributed by atoms with Gasteiger partial charge in [-0.15, -0.1) is 23.1 Å². The molecule has 3 aromatic rings. The molecule has 2 heterocycles. The van der Waals surface area contributed by atoms with Gasteiger partial charge in [-0.2, -0.15) is 11.3 Å². The van der Waals surface area contributed by atoms with Crippen LogP contribution >= 0.6 is 34.4 Å². The number of thiazole rings is 1. The van der Waals surface area contributed by atoms with Gasteiger partial charge in [-0.1, -0.05) is 6.07 Å². The molecule has 5 heteroatoms. The molecule has 1 N–H and O–H groups in total. The van der Waals surface area contributed by atoms with Gasteiger partial charge >= 0.3 is 0 Å². The highest BCUT2D eigenvalue weighted by Crippen LogP contribution is 2.29. The number of thiophene rings is 1. The molecule has 2 aromatic heterocycles. The summed E-state index contributed by atoms with van der Waals surface area (Å²) in [4.78, 5) is 5.69. The van der Waals surface area contributed by atoms with E-state index in [1.807, 2.05) is 12.1 Å². The number of aromatic nitrogens is 1. The maximum atomic E-state index is 9.41. The maximum absolute atomic E-state index is 9.41. The Hall–Kier alpha value is -1.30. The number of thioether (sulfide) groups is 1. The number of nitrogens with zero attached hydrogens (tertiary/aromatic N) is 1. The molecular formula is C14H11NOS3. The molecule has 3 rings (SSSR count). The van der Waals surface area contributed by atoms with Gasteiger partial charge in [0, 0.05) is 27.0 Å². The predicted octanol–water partition coefficient (Wildman–Crippen LogP) is 4.87. The second-order valence-corrected chi connectivity index (χ2v) is 6.63. The van der Waals surface area contributed by atoms with E-state index in [-0.39, 0.29) is 0 Å². The summed E-state index contributed by atoms with van der Waals surface area (Å²) < 4.78 is 0. The van der Waals surface area contributed by atoms with E-state index in [0.717, 1.165) is 21.3 Å². The van der Waals surface area contributed by atoms with Crippen LogP contribution < -0.4 is 0 Å². The van der Waals surface area contributed by atoms with Crippen molar-refractivity contribution in [3.8, 4) is 16.3 Å². The fraction of sp³-hybridized carbons (Fsp3) is 0.0714. The zero-order valence-corrected chi connectivity index (χ0v) is 12.4. The minimum Gasteiger partial charge on any atom is -0.508 e. The highest BCUT2D eigenvalue weighted by atomic mass is 32.2. The van der Waals surface area contributed by atoms with Crippen molar-refractivity contribution in [1.29, 1.82) is 0 Å². The Morgan fingerprint density at radius 3 is 2.95 bits per heavy atom. The Labute approximate surface area is 123 Å². The molecule has 19 heavy (non-hydrogen) atoms. The van der Waals surface area contributed by atoms with Crippen LogP contribution in [0.3, 0.4) is 0 Å². The van der Waals surface area contributed by atoms with Crippen LogP contribution in [0.4, 0.5) is 0 Å². The van der Waals surface area contributed by atoms with Crippen LogP contribution in [-0.2, 0) is 5.75 Å². The Morgan fingerprint density at radius 2 is 2.16 bits per heavy atom. The molecule has 0 atom stereocenters. The van der Waals surface area contributed by atoms with Crippen molar-refractivity contribution in [2.24, 2.45) is 0 Å². The van der Waals surface area contributed by atoms with Crippen LogP contribution in [0.25, 0.3) is 10.6 Å². The third-order valence-electron chi connectivity index (χ3n) is 2.52. The van der Waals surface area contributed by atoms with Crippen molar-refractivity contribution < 1.29 is 5.11 Å². The fourth-order valence-corrected chi connectivity index (χ4v) is 4.10. The quantitative estimate of drug-likeness (QED) is 0.698. The van der Waals surface area contributed by atoms with E-state index in [2.05, 4.69) is 27.2 Å². The first kappa shape index (κ1) is 12.7. The molecule has 96 valence electrons. The molecule has 0 aliphatic heterocycles. The summed E-state index contributed by atoms with van der Waals surface area (Å²) in [6, 6.07) is 9.40. The number of aromatic hydroxyl groups is 1. The molecule has 0 saturated heterocycles.